The molecular formula is C11H23NO3S. The number of sulfone groups is 1. The molecule has 0 aromatic heterocycles. The molecule has 0 aromatic rings. The van der Waals surface area contributed by atoms with Crippen LogP contribution >= 0.6 is 0 Å². The Morgan fingerprint density at radius 1 is 1.44 bits per heavy atom. The van der Waals surface area contributed by atoms with Gasteiger partial charge in [-0.15, -0.1) is 0 Å². The van der Waals surface area contributed by atoms with Crippen LogP contribution in [0.2, 0.25) is 0 Å². The monoisotopic (exact) mass is 249 g/mol. The fourth-order valence-corrected chi connectivity index (χ4v) is 3.36. The van der Waals surface area contributed by atoms with Crippen molar-refractivity contribution in [1.29, 1.82) is 0 Å². The van der Waals surface area contributed by atoms with E-state index in [0.717, 1.165) is 32.2 Å². The van der Waals surface area contributed by atoms with Crippen molar-refractivity contribution in [3.05, 3.63) is 0 Å². The SMILES string of the molecule is CC(CS(C)(=O)=O)NCC1CCCC(O)C1. The highest BCUT2D eigenvalue weighted by atomic mass is 32.2. The van der Waals surface area contributed by atoms with Gasteiger partial charge in [0.25, 0.3) is 0 Å². The predicted molar refractivity (Wildman–Crippen MR) is 65.1 cm³/mol. The molecule has 0 spiro atoms. The maximum Gasteiger partial charge on any atom is 0.148 e. The summed E-state index contributed by atoms with van der Waals surface area (Å²) in [5, 5.41) is 12.7. The predicted octanol–water partition coefficient (Wildman–Crippen LogP) is 0.560. The summed E-state index contributed by atoms with van der Waals surface area (Å²) in [5.74, 6) is 0.674. The Bertz CT molecular complexity index is 302. The molecular weight excluding hydrogens is 226 g/mol. The number of hydrogen-bond donors (Lipinski definition) is 2. The second-order valence-electron chi connectivity index (χ2n) is 5.09. The molecule has 1 aliphatic rings. The first-order valence-corrected chi connectivity index (χ1v) is 8.02. The van der Waals surface area contributed by atoms with Gasteiger partial charge < -0.3 is 10.4 Å². The largest absolute Gasteiger partial charge is 0.393 e. The normalized spacial score (nSPS) is 28.9. The summed E-state index contributed by atoms with van der Waals surface area (Å²) in [5.41, 5.74) is 0. The molecule has 0 aromatic carbocycles. The zero-order valence-corrected chi connectivity index (χ0v) is 11.0. The molecule has 3 atom stereocenters. The summed E-state index contributed by atoms with van der Waals surface area (Å²) >= 11 is 0. The Hall–Kier alpha value is -0.130. The summed E-state index contributed by atoms with van der Waals surface area (Å²) < 4.78 is 22.1. The van der Waals surface area contributed by atoms with Crippen LogP contribution in [0.3, 0.4) is 0 Å². The lowest BCUT2D eigenvalue weighted by Crippen LogP contribution is -2.37. The van der Waals surface area contributed by atoms with Gasteiger partial charge in [0.1, 0.15) is 9.84 Å². The van der Waals surface area contributed by atoms with E-state index in [9.17, 15) is 13.5 Å². The summed E-state index contributed by atoms with van der Waals surface area (Å²) in [6, 6.07) is -0.00549. The van der Waals surface area contributed by atoms with Crippen LogP contribution in [0.15, 0.2) is 0 Å². The van der Waals surface area contributed by atoms with E-state index in [0.29, 0.717) is 5.92 Å². The third kappa shape index (κ3) is 5.82. The lowest BCUT2D eigenvalue weighted by Gasteiger charge is -2.27. The van der Waals surface area contributed by atoms with Crippen molar-refractivity contribution < 1.29 is 13.5 Å². The average molecular weight is 249 g/mol. The van der Waals surface area contributed by atoms with Gasteiger partial charge >= 0.3 is 0 Å². The van der Waals surface area contributed by atoms with Crippen molar-refractivity contribution in [2.24, 2.45) is 5.92 Å². The molecule has 16 heavy (non-hydrogen) atoms. The minimum Gasteiger partial charge on any atom is -0.393 e. The number of hydrogen-bond acceptors (Lipinski definition) is 4. The van der Waals surface area contributed by atoms with Crippen LogP contribution in [0.5, 0.6) is 0 Å². The van der Waals surface area contributed by atoms with Gasteiger partial charge in [-0.2, -0.15) is 0 Å². The Kier molecular flexibility index (Phi) is 5.21. The summed E-state index contributed by atoms with van der Waals surface area (Å²) in [4.78, 5) is 0. The van der Waals surface area contributed by atoms with Crippen molar-refractivity contribution in [2.45, 2.75) is 44.8 Å². The molecule has 0 aliphatic heterocycles. The van der Waals surface area contributed by atoms with E-state index in [1.54, 1.807) is 0 Å². The highest BCUT2D eigenvalue weighted by Crippen LogP contribution is 2.23. The van der Waals surface area contributed by atoms with E-state index in [-0.39, 0.29) is 17.9 Å². The number of nitrogens with one attached hydrogen (secondary N) is 1. The van der Waals surface area contributed by atoms with Crippen molar-refractivity contribution in [1.82, 2.24) is 5.32 Å². The molecule has 1 fully saturated rings. The maximum atomic E-state index is 11.1. The van der Waals surface area contributed by atoms with Crippen LogP contribution in [0.1, 0.15) is 32.6 Å². The minimum atomic E-state index is -2.90. The molecule has 0 heterocycles. The van der Waals surface area contributed by atoms with Gasteiger partial charge in [0, 0.05) is 12.3 Å². The fraction of sp³-hybridized carbons (Fsp3) is 1.00. The lowest BCUT2D eigenvalue weighted by molar-refractivity contribution is 0.1000. The number of rotatable bonds is 5. The Morgan fingerprint density at radius 2 is 2.12 bits per heavy atom. The van der Waals surface area contributed by atoms with Crippen LogP contribution in [0.25, 0.3) is 0 Å². The van der Waals surface area contributed by atoms with E-state index < -0.39 is 9.84 Å². The summed E-state index contributed by atoms with van der Waals surface area (Å²) in [6.07, 6.45) is 5.07. The fourth-order valence-electron chi connectivity index (χ4n) is 2.33. The minimum absolute atomic E-state index is 0.00549. The van der Waals surface area contributed by atoms with Gasteiger partial charge in [0.2, 0.25) is 0 Å². The molecule has 5 heteroatoms. The second kappa shape index (κ2) is 5.98. The molecule has 4 nitrogen and oxygen atoms in total. The van der Waals surface area contributed by atoms with E-state index in [4.69, 9.17) is 0 Å². The van der Waals surface area contributed by atoms with Gasteiger partial charge in [-0.25, -0.2) is 8.42 Å². The van der Waals surface area contributed by atoms with E-state index in [1.165, 1.54) is 6.26 Å². The Morgan fingerprint density at radius 3 is 2.69 bits per heavy atom. The van der Waals surface area contributed by atoms with Crippen LogP contribution in [0.4, 0.5) is 0 Å². The van der Waals surface area contributed by atoms with Gasteiger partial charge in [-0.05, 0) is 38.6 Å². The van der Waals surface area contributed by atoms with Crippen molar-refractivity contribution in [3.63, 3.8) is 0 Å². The number of aliphatic hydroxyl groups is 1. The van der Waals surface area contributed by atoms with E-state index in [1.807, 2.05) is 6.92 Å². The summed E-state index contributed by atoms with van der Waals surface area (Å²) in [7, 11) is -2.90. The van der Waals surface area contributed by atoms with Gasteiger partial charge in [-0.3, -0.25) is 0 Å². The van der Waals surface area contributed by atoms with Crippen LogP contribution in [-0.2, 0) is 9.84 Å². The zero-order chi connectivity index (χ0) is 12.2. The maximum absolute atomic E-state index is 11.1. The molecule has 1 rings (SSSR count). The Balaban J connectivity index is 2.23. The quantitative estimate of drug-likeness (QED) is 0.747. The summed E-state index contributed by atoms with van der Waals surface area (Å²) in [6.45, 7) is 2.70. The third-order valence-electron chi connectivity index (χ3n) is 3.06. The van der Waals surface area contributed by atoms with Crippen LogP contribution in [0, 0.1) is 5.92 Å². The Labute approximate surface area is 98.4 Å². The highest BCUT2D eigenvalue weighted by molar-refractivity contribution is 7.90. The molecule has 2 N–H and O–H groups in total. The first kappa shape index (κ1) is 13.9. The lowest BCUT2D eigenvalue weighted by atomic mass is 9.87. The van der Waals surface area contributed by atoms with Crippen molar-refractivity contribution in [3.8, 4) is 0 Å². The molecule has 0 bridgehead atoms. The molecule has 1 aliphatic carbocycles. The van der Waals surface area contributed by atoms with Crippen LogP contribution in [-0.4, -0.2) is 44.2 Å². The second-order valence-corrected chi connectivity index (χ2v) is 7.27. The van der Waals surface area contributed by atoms with Gasteiger partial charge in [-0.1, -0.05) is 6.42 Å². The molecule has 3 unspecified atom stereocenters. The standard InChI is InChI=1S/C11H23NO3S/c1-9(8-16(2,14)15)12-7-10-4-3-5-11(13)6-10/h9-13H,3-8H2,1-2H3. The van der Waals surface area contributed by atoms with Crippen molar-refractivity contribution >= 4 is 9.84 Å². The zero-order valence-electron chi connectivity index (χ0n) is 10.1. The molecule has 1 saturated carbocycles. The number of aliphatic hydroxyl groups excluding tert-OH is 1. The van der Waals surface area contributed by atoms with Crippen LogP contribution < -0.4 is 5.32 Å². The first-order chi connectivity index (χ1) is 7.37. The first-order valence-electron chi connectivity index (χ1n) is 5.96. The van der Waals surface area contributed by atoms with E-state index in [2.05, 4.69) is 5.32 Å². The topological polar surface area (TPSA) is 66.4 Å². The molecule has 0 radical (unpaired) electrons. The molecule has 0 amide bonds. The molecule has 96 valence electrons. The third-order valence-corrected chi connectivity index (χ3v) is 4.17. The highest BCUT2D eigenvalue weighted by Gasteiger charge is 2.20. The smallest absolute Gasteiger partial charge is 0.148 e. The van der Waals surface area contributed by atoms with Gasteiger partial charge in [0.15, 0.2) is 0 Å². The average Bonchev–Trinajstić information content (AvgIpc) is 2.12. The van der Waals surface area contributed by atoms with E-state index >= 15 is 0 Å². The molecule has 0 saturated heterocycles. The van der Waals surface area contributed by atoms with Gasteiger partial charge in [0.05, 0.1) is 11.9 Å². The van der Waals surface area contributed by atoms with Crippen molar-refractivity contribution in [2.75, 3.05) is 18.6 Å².